The van der Waals surface area contributed by atoms with Crippen molar-refractivity contribution >= 4 is 21.9 Å². The predicted octanol–water partition coefficient (Wildman–Crippen LogP) is 3.30. The first kappa shape index (κ1) is 31.4. The highest BCUT2D eigenvalue weighted by atomic mass is 32.2. The Labute approximate surface area is 231 Å². The fraction of sp³-hybridized carbons (Fsp3) is 0.481. The van der Waals surface area contributed by atoms with Crippen LogP contribution in [0.25, 0.3) is 0 Å². The molecule has 0 unspecified atom stereocenters. The topological polar surface area (TPSA) is 122 Å². The number of aliphatic hydroxyl groups excluding tert-OH is 1. The number of amides is 1. The van der Waals surface area contributed by atoms with E-state index < -0.39 is 62.8 Å². The first-order valence-electron chi connectivity index (χ1n) is 12.6. The molecule has 1 aliphatic rings. The number of rotatable bonds is 10. The van der Waals surface area contributed by atoms with Crippen LogP contribution >= 0.6 is 0 Å². The first-order chi connectivity index (χ1) is 18.7. The quantitative estimate of drug-likeness (QED) is 0.410. The molecule has 2 aromatic rings. The average Bonchev–Trinajstić information content (AvgIpc) is 2.92. The summed E-state index contributed by atoms with van der Waals surface area (Å²) in [6, 6.07) is 8.65. The van der Waals surface area contributed by atoms with Gasteiger partial charge >= 0.3 is 12.1 Å². The second-order valence-electron chi connectivity index (χ2n) is 10.2. The van der Waals surface area contributed by atoms with Gasteiger partial charge in [-0.3, -0.25) is 9.59 Å². The Bertz CT molecular complexity index is 1300. The van der Waals surface area contributed by atoms with Gasteiger partial charge in [0.25, 0.3) is 5.91 Å². The zero-order valence-electron chi connectivity index (χ0n) is 22.4. The number of ether oxygens (including phenoxy) is 2. The van der Waals surface area contributed by atoms with E-state index in [0.717, 1.165) is 22.5 Å². The van der Waals surface area contributed by atoms with Crippen molar-refractivity contribution in [3.05, 3.63) is 59.7 Å². The van der Waals surface area contributed by atoms with Crippen LogP contribution in [-0.2, 0) is 36.9 Å². The van der Waals surface area contributed by atoms with Crippen LogP contribution in [0.3, 0.4) is 0 Å². The molecule has 0 spiro atoms. The van der Waals surface area contributed by atoms with Gasteiger partial charge in [0.1, 0.15) is 11.8 Å². The van der Waals surface area contributed by atoms with Gasteiger partial charge in [-0.05, 0) is 69.0 Å². The zero-order valence-corrected chi connectivity index (χ0v) is 23.2. The molecule has 220 valence electrons. The van der Waals surface area contributed by atoms with E-state index in [4.69, 9.17) is 9.47 Å². The second kappa shape index (κ2) is 12.6. The lowest BCUT2D eigenvalue weighted by atomic mass is 10.0. The molecule has 2 N–H and O–H groups in total. The maximum Gasteiger partial charge on any atom is 0.416 e. The summed E-state index contributed by atoms with van der Waals surface area (Å²) in [6.45, 7) is 2.64. The molecule has 13 heteroatoms. The zero-order chi connectivity index (χ0) is 29.7. The van der Waals surface area contributed by atoms with E-state index in [2.05, 4.69) is 5.32 Å². The minimum Gasteiger partial charge on any atom is -0.497 e. The van der Waals surface area contributed by atoms with Crippen molar-refractivity contribution < 1.29 is 45.8 Å². The Morgan fingerprint density at radius 3 is 2.40 bits per heavy atom. The van der Waals surface area contributed by atoms with Crippen LogP contribution in [0.5, 0.6) is 5.75 Å². The Morgan fingerprint density at radius 1 is 1.12 bits per heavy atom. The van der Waals surface area contributed by atoms with E-state index in [1.807, 2.05) is 0 Å². The van der Waals surface area contributed by atoms with Crippen LogP contribution in [0.15, 0.2) is 53.4 Å². The van der Waals surface area contributed by atoms with Crippen molar-refractivity contribution in [2.75, 3.05) is 20.3 Å². The average molecular weight is 587 g/mol. The Kier molecular flexibility index (Phi) is 9.85. The summed E-state index contributed by atoms with van der Waals surface area (Å²) < 4.78 is 78.1. The number of halogens is 3. The molecule has 3 rings (SSSR count). The third-order valence-corrected chi connectivity index (χ3v) is 8.39. The fourth-order valence-corrected chi connectivity index (χ4v) is 5.93. The molecule has 40 heavy (non-hydrogen) atoms. The Morgan fingerprint density at radius 2 is 1.80 bits per heavy atom. The third kappa shape index (κ3) is 7.73. The number of hydrogen-bond donors (Lipinski definition) is 2. The number of esters is 1. The van der Waals surface area contributed by atoms with Gasteiger partial charge in [0.2, 0.25) is 10.0 Å². The molecule has 1 heterocycles. The van der Waals surface area contributed by atoms with E-state index in [1.165, 1.54) is 7.11 Å². The number of hydrogen-bond acceptors (Lipinski definition) is 7. The normalized spacial score (nSPS) is 17.6. The highest BCUT2D eigenvalue weighted by molar-refractivity contribution is 7.89. The smallest absolute Gasteiger partial charge is 0.416 e. The van der Waals surface area contributed by atoms with Crippen LogP contribution in [0.4, 0.5) is 13.2 Å². The summed E-state index contributed by atoms with van der Waals surface area (Å²) in [5, 5.41) is 12.2. The number of benzene rings is 2. The number of nitrogens with one attached hydrogen (secondary N) is 1. The van der Waals surface area contributed by atoms with Crippen LogP contribution in [0.2, 0.25) is 0 Å². The molecule has 1 fully saturated rings. The van der Waals surface area contributed by atoms with E-state index in [1.54, 1.807) is 38.1 Å². The molecular formula is C27H33F3N2O7S. The number of carbonyl (C=O) groups excluding carboxylic acids is 2. The van der Waals surface area contributed by atoms with Gasteiger partial charge in [-0.15, -0.1) is 0 Å². The van der Waals surface area contributed by atoms with Gasteiger partial charge in [0.05, 0.1) is 29.7 Å². The highest BCUT2D eigenvalue weighted by Gasteiger charge is 2.41. The molecule has 0 radical (unpaired) electrons. The van der Waals surface area contributed by atoms with Crippen LogP contribution in [0.1, 0.15) is 44.2 Å². The Hall–Kier alpha value is -3.16. The fourth-order valence-electron chi connectivity index (χ4n) is 4.23. The maximum atomic E-state index is 13.4. The van der Waals surface area contributed by atoms with E-state index in [-0.39, 0.29) is 19.4 Å². The molecular weight excluding hydrogens is 553 g/mol. The summed E-state index contributed by atoms with van der Waals surface area (Å²) in [5.74, 6) is -1.13. The van der Waals surface area contributed by atoms with E-state index >= 15 is 0 Å². The number of carbonyl (C=O) groups is 2. The van der Waals surface area contributed by atoms with E-state index in [9.17, 15) is 36.3 Å². The van der Waals surface area contributed by atoms with Gasteiger partial charge in [-0.25, -0.2) is 8.42 Å². The van der Waals surface area contributed by atoms with Crippen LogP contribution in [0, 0.1) is 0 Å². The highest BCUT2D eigenvalue weighted by Crippen LogP contribution is 2.33. The van der Waals surface area contributed by atoms with E-state index in [0.29, 0.717) is 30.2 Å². The maximum absolute atomic E-state index is 13.4. The molecule has 1 aliphatic heterocycles. The molecule has 0 bridgehead atoms. The number of alkyl halides is 3. The van der Waals surface area contributed by atoms with Crippen LogP contribution in [-0.4, -0.2) is 67.7 Å². The molecule has 0 aromatic heterocycles. The summed E-state index contributed by atoms with van der Waals surface area (Å²) in [5.41, 5.74) is -1.55. The number of aliphatic hydroxyl groups is 1. The first-order valence-corrected chi connectivity index (χ1v) is 14.1. The number of piperidine rings is 1. The molecule has 0 aliphatic carbocycles. The predicted molar refractivity (Wildman–Crippen MR) is 139 cm³/mol. The monoisotopic (exact) mass is 586 g/mol. The standard InChI is InChI=1S/C27H33F3N2O7S/c1-26(2,17-33)31-24(34)23(15-18-10-12-20(38-3)13-11-18)39-25(35)22-9-4-5-14-32(22)40(36,37)21-8-6-7-19(16-21)27(28,29)30/h6-8,10-13,16,22-23,33H,4-5,9,14-15,17H2,1-3H3,(H,31,34)/t22-,23-/m0/s1. The largest absolute Gasteiger partial charge is 0.497 e. The molecule has 0 saturated carbocycles. The number of methoxy groups -OCH3 is 1. The van der Waals surface area contributed by atoms with Gasteiger partial charge in [0, 0.05) is 13.0 Å². The second-order valence-corrected chi connectivity index (χ2v) is 12.1. The number of nitrogens with zero attached hydrogens (tertiary/aromatic N) is 1. The molecule has 2 aromatic carbocycles. The molecule has 1 saturated heterocycles. The summed E-state index contributed by atoms with van der Waals surface area (Å²) >= 11 is 0. The summed E-state index contributed by atoms with van der Waals surface area (Å²) in [7, 11) is -3.02. The summed E-state index contributed by atoms with van der Waals surface area (Å²) in [4.78, 5) is 25.9. The molecule has 2 atom stereocenters. The van der Waals surface area contributed by atoms with Gasteiger partial charge < -0.3 is 19.9 Å². The van der Waals surface area contributed by atoms with Crippen LogP contribution < -0.4 is 10.1 Å². The third-order valence-electron chi connectivity index (χ3n) is 6.48. The molecule has 1 amide bonds. The minimum atomic E-state index is -4.75. The Balaban J connectivity index is 1.89. The number of sulfonamides is 1. The van der Waals surface area contributed by atoms with Gasteiger partial charge in [0.15, 0.2) is 6.10 Å². The lowest BCUT2D eigenvalue weighted by Crippen LogP contribution is -2.53. The molecule has 9 nitrogen and oxygen atoms in total. The van der Waals surface area contributed by atoms with Crippen molar-refractivity contribution in [3.8, 4) is 5.75 Å². The lowest BCUT2D eigenvalue weighted by Gasteiger charge is -2.34. The SMILES string of the molecule is COc1ccc(C[C@H](OC(=O)[C@@H]2CCCCN2S(=O)(=O)c2cccc(C(F)(F)F)c2)C(=O)NC(C)(C)CO)cc1. The van der Waals surface area contributed by atoms with Crippen molar-refractivity contribution in [3.63, 3.8) is 0 Å². The van der Waals surface area contributed by atoms with Crippen molar-refractivity contribution in [1.82, 2.24) is 9.62 Å². The van der Waals surface area contributed by atoms with Crippen molar-refractivity contribution in [2.45, 2.75) is 68.3 Å². The summed E-state index contributed by atoms with van der Waals surface area (Å²) in [6.07, 6.45) is -5.27. The van der Waals surface area contributed by atoms with Crippen molar-refractivity contribution in [1.29, 1.82) is 0 Å². The van der Waals surface area contributed by atoms with Gasteiger partial charge in [-0.1, -0.05) is 18.2 Å². The van der Waals surface area contributed by atoms with Gasteiger partial charge in [-0.2, -0.15) is 17.5 Å². The van der Waals surface area contributed by atoms with Crippen molar-refractivity contribution in [2.24, 2.45) is 0 Å². The lowest BCUT2D eigenvalue weighted by molar-refractivity contribution is -0.161. The minimum absolute atomic E-state index is 0.0594.